The number of nitrogens with two attached hydrogens (primary N) is 1. The maximum atomic E-state index is 13.4. The Labute approximate surface area is 679 Å². The van der Waals surface area contributed by atoms with Crippen molar-refractivity contribution < 1.29 is 23.0 Å². The van der Waals surface area contributed by atoms with Crippen LogP contribution in [-0.4, -0.2) is 84.5 Å². The first kappa shape index (κ1) is 94.6. The first-order chi connectivity index (χ1) is 47.4. The van der Waals surface area contributed by atoms with Crippen LogP contribution in [-0.2, 0) is 47.3 Å². The van der Waals surface area contributed by atoms with E-state index >= 15 is 0 Å². The second-order valence-electron chi connectivity index (χ2n) is 19.5. The van der Waals surface area contributed by atoms with Crippen molar-refractivity contribution in [2.75, 3.05) is 38.6 Å². The van der Waals surface area contributed by atoms with E-state index in [4.69, 9.17) is 165 Å². The van der Waals surface area contributed by atoms with E-state index < -0.39 is 11.6 Å². The Balaban J connectivity index is 0.000000573. The van der Waals surface area contributed by atoms with Crippen molar-refractivity contribution in [1.29, 1.82) is 9.61 Å². The number of nitrogens with zero attached hydrogens (tertiary/aromatic N) is 3. The number of aliphatic hydroxyl groups is 1. The second kappa shape index (κ2) is 55.1. The fourth-order valence-corrected chi connectivity index (χ4v) is 12.0. The van der Waals surface area contributed by atoms with Gasteiger partial charge in [-0.25, -0.2) is 18.2 Å². The van der Waals surface area contributed by atoms with Crippen LogP contribution in [0.15, 0.2) is 156 Å². The van der Waals surface area contributed by atoms with Crippen molar-refractivity contribution in [2.24, 2.45) is 15.7 Å². The first-order valence-electron chi connectivity index (χ1n) is 29.0. The number of hydrogen-bond donors (Lipinski definition) is 7. The summed E-state index contributed by atoms with van der Waals surface area (Å²) < 4.78 is 49.8. The molecule has 4 radical (unpaired) electrons. The monoisotopic (exact) mass is 1770 g/mol. The Bertz CT molecular complexity index is 3710. The summed E-state index contributed by atoms with van der Waals surface area (Å²) in [5.41, 5.74) is 14.1. The van der Waals surface area contributed by atoms with Gasteiger partial charge in [-0.1, -0.05) is 280 Å². The number of aliphatic hydroxyl groups excluding tert-OH is 1. The summed E-state index contributed by atoms with van der Waals surface area (Å²) in [6.07, 6.45) is 0. The SMILES string of the molecule is Cc1cccc(C)c1Cl.Cc1cccc(CBr)c1Cl.Clc1cccc(CNC2=NCCS2)c1Cl.Fc1c(Cl)cccc1CBr.Fc1c(Cl)cccc1CNC1=NCCO1.N#CSCc1cccc(Cl)c1Cl.NCc1cccc(Cl)c1F.OCCNC(=S)NCc1cccc(Cl)c1Cl.[B].[NH]=[Al]. The summed E-state index contributed by atoms with van der Waals surface area (Å²) in [7, 11) is 0. The van der Waals surface area contributed by atoms with E-state index in [1.807, 2.05) is 99.0 Å². The molecule has 11 nitrogen and oxygen atoms in total. The Morgan fingerprint density at radius 1 is 0.570 bits per heavy atom. The van der Waals surface area contributed by atoms with Gasteiger partial charge in [0.15, 0.2) is 10.3 Å². The quantitative estimate of drug-likeness (QED) is 0.0253. The molecule has 8 aromatic rings. The van der Waals surface area contributed by atoms with Crippen LogP contribution in [0, 0.1) is 53.2 Å². The molecule has 10 rings (SSSR count). The number of nitriles is 1. The molecule has 100 heavy (non-hydrogen) atoms. The van der Waals surface area contributed by atoms with E-state index in [-0.39, 0.29) is 42.4 Å². The van der Waals surface area contributed by atoms with Gasteiger partial charge in [0.1, 0.15) is 29.5 Å². The molecule has 2 aliphatic rings. The van der Waals surface area contributed by atoms with Crippen molar-refractivity contribution in [1.82, 2.24) is 21.3 Å². The molecule has 0 fully saturated rings. The molecular formula is C68H67AlBBr2Cl11F3N9O2S3. The van der Waals surface area contributed by atoms with Gasteiger partial charge in [-0.2, -0.15) is 5.26 Å². The zero-order valence-electron chi connectivity index (χ0n) is 53.8. The molecule has 0 unspecified atom stereocenters. The van der Waals surface area contributed by atoms with Crippen LogP contribution in [0.2, 0.25) is 55.2 Å². The van der Waals surface area contributed by atoms with Crippen LogP contribution < -0.4 is 27.0 Å². The Morgan fingerprint density at radius 3 is 1.41 bits per heavy atom. The van der Waals surface area contributed by atoms with Crippen LogP contribution in [0.4, 0.5) is 13.2 Å². The van der Waals surface area contributed by atoms with Gasteiger partial charge in [0, 0.05) is 84.5 Å². The molecule has 0 bridgehead atoms. The van der Waals surface area contributed by atoms with Crippen LogP contribution in [0.25, 0.3) is 0 Å². The van der Waals surface area contributed by atoms with Gasteiger partial charge in [0.05, 0.1) is 64.9 Å². The molecule has 2 heterocycles. The van der Waals surface area contributed by atoms with Crippen molar-refractivity contribution in [3.8, 4) is 5.40 Å². The van der Waals surface area contributed by atoms with Gasteiger partial charge in [-0.05, 0) is 126 Å². The number of ether oxygens (including phenoxy) is 1. The summed E-state index contributed by atoms with van der Waals surface area (Å²) in [6, 6.07) is 43.6. The van der Waals surface area contributed by atoms with E-state index in [1.54, 1.807) is 82.5 Å². The normalized spacial score (nSPS) is 11.1. The van der Waals surface area contributed by atoms with Gasteiger partial charge in [0.25, 0.3) is 6.02 Å². The standard InChI is InChI=1S/C10H12Cl2N2OS.C10H10Cl2N2S.C10H10ClFN2O.C8H8BrCl.C8H5Cl2NS.C8H9Cl.C7H5BrClF.C7H7ClFN.Al.B.HN/c11-8-3-1-2-7(9(8)12)6-14-10(16)13-4-5-15;2*11-8-3-1-2-7(9(8)12)6-14-10-13-4-5-15-10;1-6-3-2-4-7(5-9)8(6)10;9-7-3-1-2-6(8(7)10)4-12-5-11;1-6-4-3-5-7(2)8(6)9;8-4-5-2-1-3-6(9)7(5)10;8-6-3-1-2-5(4-10)7(6)9;;;/h1-3,15H,4-6H2,(H2,13,14,16);2*1-3H,4-6H2,(H,13,14);2-4H,5H2,1H3;1-3H,4H2;3-5H,1-2H3;1-3H,4H2;1-3H,4,10H2;;;1H. The van der Waals surface area contributed by atoms with Crippen molar-refractivity contribution >= 4 is 236 Å². The van der Waals surface area contributed by atoms with Gasteiger partial charge >= 0.3 is 20.4 Å². The van der Waals surface area contributed by atoms with E-state index in [9.17, 15) is 13.2 Å². The molecule has 532 valence electrons. The maximum absolute atomic E-state index is 13.4. The van der Waals surface area contributed by atoms with E-state index in [2.05, 4.69) is 63.1 Å². The van der Waals surface area contributed by atoms with E-state index in [1.165, 1.54) is 18.2 Å². The molecule has 0 spiro atoms. The van der Waals surface area contributed by atoms with Crippen molar-refractivity contribution in [3.63, 3.8) is 0 Å². The fraction of sp³-hybridized carbons (Fsp3) is 0.235. The van der Waals surface area contributed by atoms with E-state index in [0.29, 0.717) is 108 Å². The van der Waals surface area contributed by atoms with Gasteiger partial charge in [-0.15, -0.1) is 0 Å². The molecule has 0 saturated carbocycles. The summed E-state index contributed by atoms with van der Waals surface area (Å²) >= 11 is 80.0. The van der Waals surface area contributed by atoms with Crippen LogP contribution in [0.1, 0.15) is 55.6 Å². The van der Waals surface area contributed by atoms with Crippen LogP contribution in [0.3, 0.4) is 0 Å². The number of nitrogens with one attached hydrogen (secondary N) is 5. The second-order valence-corrected chi connectivity index (χ2v) is 27.2. The third kappa shape index (κ3) is 36.1. The number of rotatable bonds is 13. The summed E-state index contributed by atoms with van der Waals surface area (Å²) in [5.74, 6) is 0.500. The molecule has 8 N–H and O–H groups in total. The molecule has 0 aliphatic carbocycles. The van der Waals surface area contributed by atoms with Gasteiger partial charge in [-0.3, -0.25) is 4.99 Å². The minimum absolute atomic E-state index is 0. The Morgan fingerprint density at radius 2 is 0.980 bits per heavy atom. The number of thioether (sulfide) groups is 2. The predicted octanol–water partition coefficient (Wildman–Crippen LogP) is 22.1. The van der Waals surface area contributed by atoms with Gasteiger partial charge in [0.2, 0.25) is 0 Å². The number of thiocarbonyl (C=S) groups is 1. The zero-order chi connectivity index (χ0) is 73.8. The minimum atomic E-state index is -0.410. The fourth-order valence-electron chi connectivity index (χ4n) is 7.42. The first-order valence-corrected chi connectivity index (χ1v) is 38.4. The number of thiocyanates is 1. The number of hydrogen-bond acceptors (Lipinski definition) is 12. The van der Waals surface area contributed by atoms with Crippen LogP contribution >= 0.6 is 195 Å². The number of alkyl halides is 2. The van der Waals surface area contributed by atoms with E-state index in [0.717, 1.165) is 83.5 Å². The molecule has 0 aromatic heterocycles. The average Bonchev–Trinajstić information content (AvgIpc) is 1.41. The van der Waals surface area contributed by atoms with Crippen LogP contribution in [0.5, 0.6) is 0 Å². The number of amidine groups is 2. The summed E-state index contributed by atoms with van der Waals surface area (Å²) in [5, 5.41) is 39.2. The molecule has 2 aliphatic heterocycles. The molecule has 8 aromatic carbocycles. The number of benzene rings is 8. The summed E-state index contributed by atoms with van der Waals surface area (Å²) in [6.45, 7) is 10.3. The zero-order valence-corrected chi connectivity index (χ0v) is 68.8. The Kier molecular flexibility index (Phi) is 52.2. The number of aryl methyl sites for hydroxylation is 3. The molecule has 32 heteroatoms. The van der Waals surface area contributed by atoms with Gasteiger partial charge < -0.3 is 36.8 Å². The third-order valence-corrected chi connectivity index (χ3v) is 20.1. The molecule has 0 atom stereocenters. The topological polar surface area (TPSA) is 176 Å². The number of aliphatic imine (C=N–C) groups is 2. The average molecular weight is 1780 g/mol. The predicted molar refractivity (Wildman–Crippen MR) is 436 cm³/mol. The van der Waals surface area contributed by atoms with Crippen molar-refractivity contribution in [2.45, 2.75) is 63.4 Å². The van der Waals surface area contributed by atoms with Crippen molar-refractivity contribution in [3.05, 3.63) is 274 Å². The third-order valence-electron chi connectivity index (χ3n) is 12.5. The number of halogens is 16. The molecule has 0 amide bonds. The summed E-state index contributed by atoms with van der Waals surface area (Å²) in [4.78, 5) is 8.33. The molecular weight excluding hydrogens is 1720 g/mol. The Hall–Kier alpha value is -3.36. The molecule has 0 saturated heterocycles.